The highest BCUT2D eigenvalue weighted by atomic mass is 16.3. The Labute approximate surface area is 126 Å². The summed E-state index contributed by atoms with van der Waals surface area (Å²) in [6, 6.07) is 10.3. The molecule has 0 saturated heterocycles. The Balaban J connectivity index is 1.89. The van der Waals surface area contributed by atoms with Crippen molar-refractivity contribution in [3.05, 3.63) is 48.3 Å². The topological polar surface area (TPSA) is 50.1 Å². The van der Waals surface area contributed by atoms with Gasteiger partial charge in [-0.1, -0.05) is 26.0 Å². The van der Waals surface area contributed by atoms with E-state index in [-0.39, 0.29) is 12.0 Å². The Morgan fingerprint density at radius 2 is 1.90 bits per heavy atom. The number of rotatable bonds is 8. The minimum Gasteiger partial charge on any atom is -0.396 e. The molecule has 0 amide bonds. The summed E-state index contributed by atoms with van der Waals surface area (Å²) in [5.74, 6) is 0. The highest BCUT2D eigenvalue weighted by Gasteiger charge is 2.24. The van der Waals surface area contributed by atoms with Crippen molar-refractivity contribution in [2.45, 2.75) is 33.2 Å². The Morgan fingerprint density at radius 3 is 2.43 bits per heavy atom. The summed E-state index contributed by atoms with van der Waals surface area (Å²) in [6.45, 7) is 6.18. The number of hydrogen-bond donors (Lipinski definition) is 2. The molecule has 0 aliphatic heterocycles. The van der Waals surface area contributed by atoms with Gasteiger partial charge in [-0.05, 0) is 36.6 Å². The van der Waals surface area contributed by atoms with Crippen molar-refractivity contribution >= 4 is 0 Å². The normalized spacial score (nSPS) is 11.8. The molecule has 114 valence electrons. The van der Waals surface area contributed by atoms with Crippen LogP contribution in [0.15, 0.2) is 42.7 Å². The van der Waals surface area contributed by atoms with E-state index in [4.69, 9.17) is 0 Å². The van der Waals surface area contributed by atoms with E-state index in [0.29, 0.717) is 0 Å². The van der Waals surface area contributed by atoms with Crippen molar-refractivity contribution < 1.29 is 5.11 Å². The second-order valence-corrected chi connectivity index (χ2v) is 5.59. The van der Waals surface area contributed by atoms with Gasteiger partial charge in [0.05, 0.1) is 5.69 Å². The van der Waals surface area contributed by atoms with E-state index in [2.05, 4.69) is 48.5 Å². The fraction of sp³-hybridized carbons (Fsp3) is 0.471. The fourth-order valence-corrected chi connectivity index (χ4v) is 2.44. The maximum Gasteiger partial charge on any atom is 0.0645 e. The van der Waals surface area contributed by atoms with Crippen molar-refractivity contribution in [2.24, 2.45) is 5.41 Å². The molecule has 21 heavy (non-hydrogen) atoms. The van der Waals surface area contributed by atoms with Crippen LogP contribution in [-0.2, 0) is 6.54 Å². The molecule has 0 spiro atoms. The molecule has 4 nitrogen and oxygen atoms in total. The van der Waals surface area contributed by atoms with Gasteiger partial charge in [0.2, 0.25) is 0 Å². The second-order valence-electron chi connectivity index (χ2n) is 5.59. The average Bonchev–Trinajstić information content (AvgIpc) is 3.07. The van der Waals surface area contributed by atoms with Crippen LogP contribution in [0.5, 0.6) is 0 Å². The zero-order valence-electron chi connectivity index (χ0n) is 12.9. The van der Waals surface area contributed by atoms with Gasteiger partial charge in [-0.25, -0.2) is 4.68 Å². The van der Waals surface area contributed by atoms with Crippen molar-refractivity contribution in [2.75, 3.05) is 13.2 Å². The highest BCUT2D eigenvalue weighted by molar-refractivity contribution is 5.33. The number of aromatic nitrogens is 2. The lowest BCUT2D eigenvalue weighted by Gasteiger charge is -2.29. The summed E-state index contributed by atoms with van der Waals surface area (Å²) in [4.78, 5) is 0. The molecule has 0 unspecified atom stereocenters. The summed E-state index contributed by atoms with van der Waals surface area (Å²) in [7, 11) is 0. The first-order valence-electron chi connectivity index (χ1n) is 7.63. The molecule has 2 rings (SSSR count). The van der Waals surface area contributed by atoms with Crippen LogP contribution in [-0.4, -0.2) is 28.0 Å². The number of aliphatic hydroxyl groups is 1. The zero-order valence-corrected chi connectivity index (χ0v) is 12.9. The first-order valence-corrected chi connectivity index (χ1v) is 7.63. The summed E-state index contributed by atoms with van der Waals surface area (Å²) in [5, 5.41) is 17.3. The van der Waals surface area contributed by atoms with Crippen LogP contribution >= 0.6 is 0 Å². The Bertz CT molecular complexity index is 507. The molecule has 0 radical (unpaired) electrons. The average molecular weight is 287 g/mol. The third-order valence-electron chi connectivity index (χ3n) is 4.37. The number of hydrogen-bond acceptors (Lipinski definition) is 3. The molecule has 1 heterocycles. The molecular weight excluding hydrogens is 262 g/mol. The van der Waals surface area contributed by atoms with Gasteiger partial charge in [-0.15, -0.1) is 0 Å². The zero-order chi connectivity index (χ0) is 15.1. The van der Waals surface area contributed by atoms with Crippen molar-refractivity contribution in [3.8, 4) is 5.69 Å². The molecule has 4 heteroatoms. The summed E-state index contributed by atoms with van der Waals surface area (Å²) in [6.07, 6.45) is 5.70. The molecule has 0 bridgehead atoms. The Kier molecular flexibility index (Phi) is 5.53. The molecule has 0 fully saturated rings. The molecular formula is C17H25N3O. The summed E-state index contributed by atoms with van der Waals surface area (Å²) < 4.78 is 1.85. The first kappa shape index (κ1) is 15.7. The number of aliphatic hydroxyl groups excluding tert-OH is 1. The van der Waals surface area contributed by atoms with Gasteiger partial charge in [-0.2, -0.15) is 5.10 Å². The van der Waals surface area contributed by atoms with Gasteiger partial charge in [0.25, 0.3) is 0 Å². The van der Waals surface area contributed by atoms with E-state index in [1.165, 1.54) is 5.56 Å². The standard InChI is InChI=1S/C17H25N3O/c1-3-17(4-2,14-21)13-18-12-15-6-8-16(9-7-15)20-11-5-10-19-20/h5-11,18,21H,3-4,12-14H2,1-2H3. The van der Waals surface area contributed by atoms with Crippen molar-refractivity contribution in [1.29, 1.82) is 0 Å². The van der Waals surface area contributed by atoms with Gasteiger partial charge in [0.15, 0.2) is 0 Å². The number of nitrogens with one attached hydrogen (secondary N) is 1. The molecule has 0 saturated carbocycles. The predicted molar refractivity (Wildman–Crippen MR) is 85.4 cm³/mol. The minimum absolute atomic E-state index is 0.00893. The molecule has 0 atom stereocenters. The van der Waals surface area contributed by atoms with Gasteiger partial charge in [-0.3, -0.25) is 0 Å². The smallest absolute Gasteiger partial charge is 0.0645 e. The van der Waals surface area contributed by atoms with E-state index in [1.54, 1.807) is 6.20 Å². The molecule has 1 aromatic carbocycles. The van der Waals surface area contributed by atoms with Crippen LogP contribution in [0.25, 0.3) is 5.69 Å². The molecule has 2 aromatic rings. The van der Waals surface area contributed by atoms with E-state index >= 15 is 0 Å². The predicted octanol–water partition coefficient (Wildman–Crippen LogP) is 2.76. The number of nitrogens with zero attached hydrogens (tertiary/aromatic N) is 2. The van der Waals surface area contributed by atoms with Gasteiger partial charge < -0.3 is 10.4 Å². The minimum atomic E-state index is 0.00893. The highest BCUT2D eigenvalue weighted by Crippen LogP contribution is 2.24. The molecule has 0 aliphatic carbocycles. The Morgan fingerprint density at radius 1 is 1.19 bits per heavy atom. The van der Waals surface area contributed by atoms with Gasteiger partial charge in [0, 0.05) is 37.5 Å². The van der Waals surface area contributed by atoms with E-state index < -0.39 is 0 Å². The quantitative estimate of drug-likeness (QED) is 0.785. The van der Waals surface area contributed by atoms with E-state index in [0.717, 1.165) is 31.6 Å². The van der Waals surface area contributed by atoms with Crippen LogP contribution in [0.1, 0.15) is 32.3 Å². The maximum absolute atomic E-state index is 9.57. The third-order valence-corrected chi connectivity index (χ3v) is 4.37. The summed E-state index contributed by atoms with van der Waals surface area (Å²) in [5.41, 5.74) is 2.31. The van der Waals surface area contributed by atoms with Crippen LogP contribution in [0.2, 0.25) is 0 Å². The Hall–Kier alpha value is -1.65. The van der Waals surface area contributed by atoms with Crippen LogP contribution < -0.4 is 5.32 Å². The lowest BCUT2D eigenvalue weighted by molar-refractivity contribution is 0.113. The maximum atomic E-state index is 9.57. The van der Waals surface area contributed by atoms with E-state index in [1.807, 2.05) is 16.9 Å². The van der Waals surface area contributed by atoms with Crippen LogP contribution in [0, 0.1) is 5.41 Å². The first-order chi connectivity index (χ1) is 10.2. The van der Waals surface area contributed by atoms with Crippen molar-refractivity contribution in [3.63, 3.8) is 0 Å². The molecule has 0 aliphatic rings. The van der Waals surface area contributed by atoms with Crippen LogP contribution in [0.3, 0.4) is 0 Å². The van der Waals surface area contributed by atoms with Crippen molar-refractivity contribution in [1.82, 2.24) is 15.1 Å². The lowest BCUT2D eigenvalue weighted by Crippen LogP contribution is -2.36. The molecule has 2 N–H and O–H groups in total. The largest absolute Gasteiger partial charge is 0.396 e. The van der Waals surface area contributed by atoms with Crippen LogP contribution in [0.4, 0.5) is 0 Å². The third kappa shape index (κ3) is 3.93. The lowest BCUT2D eigenvalue weighted by atomic mass is 9.83. The summed E-state index contributed by atoms with van der Waals surface area (Å²) >= 11 is 0. The van der Waals surface area contributed by atoms with E-state index in [9.17, 15) is 5.11 Å². The SMILES string of the molecule is CCC(CC)(CO)CNCc1ccc(-n2cccn2)cc1. The van der Waals surface area contributed by atoms with Gasteiger partial charge >= 0.3 is 0 Å². The molecule has 1 aromatic heterocycles. The number of benzene rings is 1. The second kappa shape index (κ2) is 7.38. The fourth-order valence-electron chi connectivity index (χ4n) is 2.44. The monoisotopic (exact) mass is 287 g/mol. The van der Waals surface area contributed by atoms with Gasteiger partial charge in [0.1, 0.15) is 0 Å².